The molecule has 0 saturated heterocycles. The minimum Gasteiger partial charge on any atom is -0.508 e. The van der Waals surface area contributed by atoms with E-state index in [2.05, 4.69) is 0 Å². The maximum Gasteiger partial charge on any atom is 0.122 e. The van der Waals surface area contributed by atoms with E-state index < -0.39 is 0 Å². The number of rotatable bonds is 0. The van der Waals surface area contributed by atoms with Crippen LogP contribution < -0.4 is 0 Å². The van der Waals surface area contributed by atoms with Crippen molar-refractivity contribution in [1.82, 2.24) is 0 Å². The van der Waals surface area contributed by atoms with Gasteiger partial charge in [0.15, 0.2) is 0 Å². The van der Waals surface area contributed by atoms with Crippen LogP contribution in [0, 0.1) is 0 Å². The van der Waals surface area contributed by atoms with Gasteiger partial charge in [0.05, 0.1) is 0 Å². The average Bonchev–Trinajstić information content (AvgIpc) is 1.59. The zero-order valence-electron chi connectivity index (χ0n) is 5.07. The van der Waals surface area contributed by atoms with Crippen molar-refractivity contribution in [2.24, 2.45) is 0 Å². The molecule has 3 N–H and O–H groups in total. The normalized spacial score (nSPS) is 8.40. The van der Waals surface area contributed by atoms with E-state index in [1.165, 1.54) is 0 Å². The Hall–Kier alpha value is -0.497. The van der Waals surface area contributed by atoms with E-state index in [0.717, 1.165) is 18.2 Å². The van der Waals surface area contributed by atoms with E-state index >= 15 is 0 Å². The second-order valence-electron chi connectivity index (χ2n) is 1.71. The molecule has 0 aliphatic heterocycles. The molecule has 1 aromatic carbocycles. The molecule has 0 amide bonds. The minimum absolute atomic E-state index is 0. The Bertz CT molecular complexity index is 174. The van der Waals surface area contributed by atoms with Gasteiger partial charge in [-0.15, -0.1) is 0 Å². The van der Waals surface area contributed by atoms with Crippen molar-refractivity contribution in [2.75, 3.05) is 0 Å². The van der Waals surface area contributed by atoms with E-state index in [4.69, 9.17) is 15.3 Å². The number of hydrogen-bond donors (Lipinski definition) is 3. The summed E-state index contributed by atoms with van der Waals surface area (Å²) in [5, 5.41) is 26.0. The molecule has 0 aromatic heterocycles. The van der Waals surface area contributed by atoms with Crippen LogP contribution in [-0.4, -0.2) is 15.3 Å². The number of hydrogen-bond acceptors (Lipinski definition) is 3. The zero-order chi connectivity index (χ0) is 6.85. The third-order valence-electron chi connectivity index (χ3n) is 0.887. The van der Waals surface area contributed by atoms with E-state index in [-0.39, 0.29) is 43.5 Å². The summed E-state index contributed by atoms with van der Waals surface area (Å²) in [4.78, 5) is 0. The van der Waals surface area contributed by atoms with Crippen molar-refractivity contribution >= 4 is 0 Å². The molecule has 4 heteroatoms. The van der Waals surface area contributed by atoms with Crippen molar-refractivity contribution in [3.63, 3.8) is 0 Å². The minimum atomic E-state index is -0.146. The topological polar surface area (TPSA) is 60.7 Å². The summed E-state index contributed by atoms with van der Waals surface area (Å²) >= 11 is 0. The molecule has 0 saturated carbocycles. The van der Waals surface area contributed by atoms with Gasteiger partial charge in [-0.25, -0.2) is 0 Å². The number of aromatic hydroxyl groups is 3. The van der Waals surface area contributed by atoms with Gasteiger partial charge in [-0.3, -0.25) is 0 Å². The Labute approximate surface area is 77.1 Å². The van der Waals surface area contributed by atoms with E-state index in [1.807, 2.05) is 0 Å². The predicted molar refractivity (Wildman–Crippen MR) is 31.4 cm³/mol. The van der Waals surface area contributed by atoms with Crippen LogP contribution in [0.3, 0.4) is 0 Å². The first-order valence-electron chi connectivity index (χ1n) is 2.40. The molecule has 0 aliphatic rings. The van der Waals surface area contributed by atoms with Crippen LogP contribution in [0.25, 0.3) is 0 Å². The summed E-state index contributed by atoms with van der Waals surface area (Å²) in [5.41, 5.74) is 0. The monoisotopic (exact) mass is 216 g/mol. The van der Waals surface area contributed by atoms with Crippen LogP contribution in [0.5, 0.6) is 17.2 Å². The van der Waals surface area contributed by atoms with Gasteiger partial charge in [0.2, 0.25) is 0 Å². The van der Waals surface area contributed by atoms with Crippen LogP contribution in [0.4, 0.5) is 0 Å². The molecule has 0 unspecified atom stereocenters. The summed E-state index contributed by atoms with van der Waals surface area (Å²) in [7, 11) is 0. The quantitative estimate of drug-likeness (QED) is 0.602. The van der Waals surface area contributed by atoms with Gasteiger partial charge in [-0.2, -0.15) is 0 Å². The van der Waals surface area contributed by atoms with Crippen molar-refractivity contribution < 1.29 is 41.5 Å². The van der Waals surface area contributed by atoms with Crippen LogP contribution in [-0.2, 0) is 26.2 Å². The molecule has 0 bridgehead atoms. The van der Waals surface area contributed by atoms with E-state index in [0.29, 0.717) is 0 Å². The van der Waals surface area contributed by atoms with Gasteiger partial charge in [0.1, 0.15) is 17.2 Å². The van der Waals surface area contributed by atoms with E-state index in [1.54, 1.807) is 0 Å². The van der Waals surface area contributed by atoms with Gasteiger partial charge in [0.25, 0.3) is 0 Å². The summed E-state index contributed by atoms with van der Waals surface area (Å²) in [6.07, 6.45) is 0. The number of benzene rings is 1. The maximum absolute atomic E-state index is 8.67. The van der Waals surface area contributed by atoms with Gasteiger partial charge >= 0.3 is 0 Å². The number of phenols is 3. The molecule has 52 valence electrons. The van der Waals surface area contributed by atoms with E-state index in [9.17, 15) is 0 Å². The van der Waals surface area contributed by atoms with Crippen LogP contribution in [0.15, 0.2) is 18.2 Å². The molecule has 0 fully saturated rings. The Morgan fingerprint density at radius 1 is 0.700 bits per heavy atom. The molecule has 0 radical (unpaired) electrons. The Morgan fingerprint density at radius 3 is 1.10 bits per heavy atom. The Balaban J connectivity index is 0.000000810. The molecule has 1 rings (SSSR count). The average molecular weight is 217 g/mol. The second kappa shape index (κ2) is 3.62. The van der Waals surface area contributed by atoms with Gasteiger partial charge < -0.3 is 15.3 Å². The molecular weight excluding hydrogens is 211 g/mol. The summed E-state index contributed by atoms with van der Waals surface area (Å²) < 4.78 is 0. The zero-order valence-corrected chi connectivity index (χ0v) is 7.53. The van der Waals surface area contributed by atoms with Crippen molar-refractivity contribution in [2.45, 2.75) is 0 Å². The molecule has 10 heavy (non-hydrogen) atoms. The Morgan fingerprint density at radius 2 is 0.900 bits per heavy atom. The van der Waals surface area contributed by atoms with Gasteiger partial charge in [0, 0.05) is 44.4 Å². The van der Waals surface area contributed by atoms with Gasteiger partial charge in [-0.05, 0) is 0 Å². The summed E-state index contributed by atoms with van der Waals surface area (Å²) in [6.45, 7) is 0. The molecule has 0 heterocycles. The molecule has 0 atom stereocenters. The summed E-state index contributed by atoms with van der Waals surface area (Å²) in [5.74, 6) is -0.437. The smallest absolute Gasteiger partial charge is 0.122 e. The van der Waals surface area contributed by atoms with Crippen molar-refractivity contribution in [1.29, 1.82) is 0 Å². The van der Waals surface area contributed by atoms with Crippen LogP contribution in [0.2, 0.25) is 0 Å². The summed E-state index contributed by atoms with van der Waals surface area (Å²) in [6, 6.07) is 3.42. The third kappa shape index (κ3) is 2.40. The first-order chi connectivity index (χ1) is 4.18. The van der Waals surface area contributed by atoms with Crippen LogP contribution >= 0.6 is 0 Å². The molecule has 1 aromatic rings. The predicted octanol–water partition coefficient (Wildman–Crippen LogP) is 0.801. The van der Waals surface area contributed by atoms with Crippen LogP contribution in [0.1, 0.15) is 0 Å². The number of phenolic OH excluding ortho intramolecular Hbond substituents is 3. The molecule has 3 nitrogen and oxygen atoms in total. The fourth-order valence-electron chi connectivity index (χ4n) is 0.580. The van der Waals surface area contributed by atoms with Gasteiger partial charge in [-0.1, -0.05) is 0 Å². The van der Waals surface area contributed by atoms with Crippen molar-refractivity contribution in [3.05, 3.63) is 18.2 Å². The molecule has 0 spiro atoms. The van der Waals surface area contributed by atoms with Crippen molar-refractivity contribution in [3.8, 4) is 17.2 Å². The maximum atomic E-state index is 8.67. The standard InChI is InChI=1S/C6H6O3.Zr/c7-4-1-5(8)3-6(9)2-4;/h1-3,7-9H;. The first-order valence-corrected chi connectivity index (χ1v) is 2.40. The Kier molecular flexibility index (Phi) is 3.44. The molecular formula is C6H6O3Zr. The first kappa shape index (κ1) is 9.50. The third-order valence-corrected chi connectivity index (χ3v) is 0.887. The SMILES string of the molecule is Oc1cc(O)cc(O)c1.[Zr]. The largest absolute Gasteiger partial charge is 0.508 e. The fraction of sp³-hybridized carbons (Fsp3) is 0. The molecule has 0 aliphatic carbocycles. The fourth-order valence-corrected chi connectivity index (χ4v) is 0.580. The second-order valence-corrected chi connectivity index (χ2v) is 1.71.